The molecule has 0 aliphatic carbocycles. The molecule has 7 heteroatoms. The first-order valence-corrected chi connectivity index (χ1v) is 5.45. The van der Waals surface area contributed by atoms with Crippen LogP contribution < -0.4 is 5.73 Å². The molecule has 1 fully saturated rings. The molecular formula is C10H19NO6. The Balaban J connectivity index is 2.89. The van der Waals surface area contributed by atoms with Crippen LogP contribution >= 0.6 is 0 Å². The minimum atomic E-state index is -1.67. The lowest BCUT2D eigenvalue weighted by atomic mass is 9.87. The van der Waals surface area contributed by atoms with Crippen LogP contribution in [-0.2, 0) is 9.53 Å². The Bertz CT molecular complexity index is 284. The fraction of sp³-hybridized carbons (Fsp3) is 0.900. The largest absolute Gasteiger partial charge is 0.479 e. The number of ether oxygens (including phenoxy) is 1. The number of aliphatic hydroxyl groups is 3. The molecule has 7 nitrogen and oxygen atoms in total. The fourth-order valence-corrected chi connectivity index (χ4v) is 1.81. The Morgan fingerprint density at radius 3 is 2.12 bits per heavy atom. The number of aliphatic hydroxyl groups excluding tert-OH is 3. The summed E-state index contributed by atoms with van der Waals surface area (Å²) in [7, 11) is 0. The molecule has 0 aromatic rings. The highest BCUT2D eigenvalue weighted by Gasteiger charge is 2.48. The minimum absolute atomic E-state index is 0.0634. The van der Waals surface area contributed by atoms with Gasteiger partial charge in [0, 0.05) is 6.04 Å². The predicted molar refractivity (Wildman–Crippen MR) is 57.1 cm³/mol. The molecule has 6 N–H and O–H groups in total. The molecule has 0 spiro atoms. The lowest BCUT2D eigenvalue weighted by Gasteiger charge is -2.42. The van der Waals surface area contributed by atoms with Crippen LogP contribution in [0.3, 0.4) is 0 Å². The van der Waals surface area contributed by atoms with Crippen molar-refractivity contribution in [3.05, 3.63) is 0 Å². The summed E-state index contributed by atoms with van der Waals surface area (Å²) in [5.41, 5.74) is 5.78. The molecular weight excluding hydrogens is 230 g/mol. The highest BCUT2D eigenvalue weighted by molar-refractivity contribution is 5.73. The molecule has 0 amide bonds. The number of hydrogen-bond acceptors (Lipinski definition) is 6. The number of rotatable bonds is 3. The average Bonchev–Trinajstić information content (AvgIpc) is 2.24. The lowest BCUT2D eigenvalue weighted by molar-refractivity contribution is -0.233. The normalized spacial score (nSPS) is 40.3. The molecule has 0 bridgehead atoms. The number of carbonyl (C=O) groups is 1. The van der Waals surface area contributed by atoms with E-state index in [-0.39, 0.29) is 5.92 Å². The molecule has 1 heterocycles. The monoisotopic (exact) mass is 249 g/mol. The summed E-state index contributed by atoms with van der Waals surface area (Å²) in [6, 6.07) is -0.631. The molecule has 100 valence electrons. The van der Waals surface area contributed by atoms with Crippen LogP contribution in [0.4, 0.5) is 0 Å². The molecule has 17 heavy (non-hydrogen) atoms. The van der Waals surface area contributed by atoms with Crippen molar-refractivity contribution >= 4 is 5.97 Å². The van der Waals surface area contributed by atoms with Gasteiger partial charge in [0.2, 0.25) is 0 Å². The maximum Gasteiger partial charge on any atom is 0.335 e. The third-order valence-corrected chi connectivity index (χ3v) is 3.04. The van der Waals surface area contributed by atoms with E-state index in [1.807, 2.05) is 0 Å². The zero-order valence-electron chi connectivity index (χ0n) is 9.72. The van der Waals surface area contributed by atoms with Crippen LogP contribution in [0, 0.1) is 5.92 Å². The fourth-order valence-electron chi connectivity index (χ4n) is 1.81. The lowest BCUT2D eigenvalue weighted by Crippen LogP contribution is -2.64. The Morgan fingerprint density at radius 1 is 1.18 bits per heavy atom. The van der Waals surface area contributed by atoms with Crippen molar-refractivity contribution in [2.75, 3.05) is 0 Å². The summed E-state index contributed by atoms with van der Waals surface area (Å²) in [6.45, 7) is 3.57. The SMILES string of the molecule is CC(C)[C@H](N)[C@@H]1O[C@H](C(=O)O)[C@@H](O)[C@H](O)[C@H]1O. The standard InChI is InChI=1S/C10H19NO6/c1-3(2)4(11)8-6(13)5(12)7(14)9(17-8)10(15)16/h3-9,12-14H,11H2,1-2H3,(H,15,16)/t4-,5+,6+,7-,8-,9-/m0/s1. The van der Waals surface area contributed by atoms with E-state index in [1.54, 1.807) is 13.8 Å². The first-order chi connectivity index (χ1) is 7.77. The molecule has 0 aromatic heterocycles. The van der Waals surface area contributed by atoms with E-state index in [0.29, 0.717) is 0 Å². The number of nitrogens with two attached hydrogens (primary N) is 1. The Morgan fingerprint density at radius 2 is 1.71 bits per heavy atom. The van der Waals surface area contributed by atoms with Gasteiger partial charge in [-0.05, 0) is 5.92 Å². The number of carboxylic acids is 1. The predicted octanol–water partition coefficient (Wildman–Crippen LogP) is -2.10. The topological polar surface area (TPSA) is 133 Å². The Kier molecular flexibility index (Phi) is 4.45. The van der Waals surface area contributed by atoms with Crippen molar-refractivity contribution in [2.45, 2.75) is 50.4 Å². The zero-order valence-corrected chi connectivity index (χ0v) is 9.72. The van der Waals surface area contributed by atoms with Gasteiger partial charge in [0.1, 0.15) is 24.4 Å². The van der Waals surface area contributed by atoms with E-state index in [9.17, 15) is 20.1 Å². The summed E-state index contributed by atoms with van der Waals surface area (Å²) < 4.78 is 5.08. The van der Waals surface area contributed by atoms with E-state index in [0.717, 1.165) is 0 Å². The van der Waals surface area contributed by atoms with Gasteiger partial charge in [-0.15, -0.1) is 0 Å². The van der Waals surface area contributed by atoms with Crippen LogP contribution in [0.2, 0.25) is 0 Å². The van der Waals surface area contributed by atoms with Gasteiger partial charge in [0.15, 0.2) is 6.10 Å². The summed E-state index contributed by atoms with van der Waals surface area (Å²) in [5, 5.41) is 37.6. The first kappa shape index (κ1) is 14.3. The van der Waals surface area contributed by atoms with Crippen molar-refractivity contribution < 1.29 is 30.0 Å². The average molecular weight is 249 g/mol. The maximum absolute atomic E-state index is 10.8. The Labute approximate surface area is 98.8 Å². The first-order valence-electron chi connectivity index (χ1n) is 5.45. The molecule has 0 unspecified atom stereocenters. The summed E-state index contributed by atoms with van der Waals surface area (Å²) in [4.78, 5) is 10.8. The van der Waals surface area contributed by atoms with Crippen LogP contribution in [0.5, 0.6) is 0 Å². The van der Waals surface area contributed by atoms with Gasteiger partial charge in [-0.25, -0.2) is 4.79 Å². The van der Waals surface area contributed by atoms with Gasteiger partial charge in [0.05, 0.1) is 0 Å². The van der Waals surface area contributed by atoms with Crippen molar-refractivity contribution in [2.24, 2.45) is 11.7 Å². The molecule has 1 saturated heterocycles. The Hall–Kier alpha value is -0.730. The molecule has 6 atom stereocenters. The highest BCUT2D eigenvalue weighted by Crippen LogP contribution is 2.25. The molecule has 1 aliphatic rings. The van der Waals surface area contributed by atoms with E-state index >= 15 is 0 Å². The third kappa shape index (κ3) is 2.75. The zero-order chi connectivity index (χ0) is 13.3. The van der Waals surface area contributed by atoms with Crippen molar-refractivity contribution in [1.82, 2.24) is 0 Å². The van der Waals surface area contributed by atoms with E-state index in [2.05, 4.69) is 0 Å². The van der Waals surface area contributed by atoms with Crippen LogP contribution in [-0.4, -0.2) is 63.0 Å². The smallest absolute Gasteiger partial charge is 0.335 e. The van der Waals surface area contributed by atoms with Crippen molar-refractivity contribution in [3.63, 3.8) is 0 Å². The second kappa shape index (κ2) is 5.28. The van der Waals surface area contributed by atoms with Crippen LogP contribution in [0.25, 0.3) is 0 Å². The summed E-state index contributed by atoms with van der Waals surface area (Å²) >= 11 is 0. The maximum atomic E-state index is 10.8. The second-order valence-corrected chi connectivity index (χ2v) is 4.65. The van der Waals surface area contributed by atoms with Crippen LogP contribution in [0.1, 0.15) is 13.8 Å². The molecule has 0 aromatic carbocycles. The van der Waals surface area contributed by atoms with Gasteiger partial charge in [-0.1, -0.05) is 13.8 Å². The van der Waals surface area contributed by atoms with Crippen LogP contribution in [0.15, 0.2) is 0 Å². The quantitative estimate of drug-likeness (QED) is 0.387. The van der Waals surface area contributed by atoms with Gasteiger partial charge in [-0.3, -0.25) is 0 Å². The third-order valence-electron chi connectivity index (χ3n) is 3.04. The molecule has 1 aliphatic heterocycles. The van der Waals surface area contributed by atoms with Gasteiger partial charge >= 0.3 is 5.97 Å². The van der Waals surface area contributed by atoms with Gasteiger partial charge < -0.3 is 30.9 Å². The second-order valence-electron chi connectivity index (χ2n) is 4.65. The summed E-state index contributed by atoms with van der Waals surface area (Å²) in [5.74, 6) is -1.46. The number of aliphatic carboxylic acids is 1. The van der Waals surface area contributed by atoms with Gasteiger partial charge in [0.25, 0.3) is 0 Å². The van der Waals surface area contributed by atoms with E-state index < -0.39 is 42.5 Å². The molecule has 0 radical (unpaired) electrons. The number of carboxylic acid groups (broad SMARTS) is 1. The van der Waals surface area contributed by atoms with Gasteiger partial charge in [-0.2, -0.15) is 0 Å². The highest BCUT2D eigenvalue weighted by atomic mass is 16.6. The number of hydrogen-bond donors (Lipinski definition) is 5. The van der Waals surface area contributed by atoms with E-state index in [4.69, 9.17) is 15.6 Å². The van der Waals surface area contributed by atoms with E-state index in [1.165, 1.54) is 0 Å². The van der Waals surface area contributed by atoms with Crippen molar-refractivity contribution in [3.8, 4) is 0 Å². The molecule has 1 rings (SSSR count). The van der Waals surface area contributed by atoms with Crippen molar-refractivity contribution in [1.29, 1.82) is 0 Å². The minimum Gasteiger partial charge on any atom is -0.479 e. The molecule has 0 saturated carbocycles. The summed E-state index contributed by atoms with van der Waals surface area (Å²) in [6.07, 6.45) is -7.26.